The van der Waals surface area contributed by atoms with Crippen molar-refractivity contribution in [2.45, 2.75) is 24.5 Å². The second-order valence-electron chi connectivity index (χ2n) is 6.27. The molecule has 5 nitrogen and oxygen atoms in total. The first-order valence-electron chi connectivity index (χ1n) is 7.86. The Morgan fingerprint density at radius 1 is 1.48 bits per heavy atom. The molecule has 4 heterocycles. The lowest BCUT2D eigenvalue weighted by Gasteiger charge is -2.23. The first-order chi connectivity index (χ1) is 11.2. The number of likely N-dealkylation sites (tertiary alicyclic amines) is 1. The van der Waals surface area contributed by atoms with Crippen LogP contribution in [0.2, 0.25) is 0 Å². The molecule has 0 bridgehead atoms. The number of amides is 1. The molecule has 1 N–H and O–H groups in total. The lowest BCUT2D eigenvalue weighted by atomic mass is 9.97. The van der Waals surface area contributed by atoms with Gasteiger partial charge in [-0.05, 0) is 30.0 Å². The molecule has 0 aromatic carbocycles. The van der Waals surface area contributed by atoms with E-state index in [4.69, 9.17) is 4.74 Å². The number of pyridine rings is 1. The number of nitrogens with zero attached hydrogens (tertiary/aromatic N) is 2. The van der Waals surface area contributed by atoms with Gasteiger partial charge in [-0.15, -0.1) is 0 Å². The van der Waals surface area contributed by atoms with E-state index in [9.17, 15) is 4.79 Å². The highest BCUT2D eigenvalue weighted by molar-refractivity contribution is 7.08. The maximum absolute atomic E-state index is 12.5. The predicted molar refractivity (Wildman–Crippen MR) is 89.8 cm³/mol. The molecule has 4 rings (SSSR count). The summed E-state index contributed by atoms with van der Waals surface area (Å²) in [4.78, 5) is 18.5. The monoisotopic (exact) mass is 329 g/mol. The first kappa shape index (κ1) is 14.7. The molecular formula is C17H19N3O2S. The number of nitrogens with one attached hydrogen (secondary N) is 1. The van der Waals surface area contributed by atoms with Crippen LogP contribution in [0.3, 0.4) is 0 Å². The summed E-state index contributed by atoms with van der Waals surface area (Å²) >= 11 is 1.56. The molecule has 2 atom stereocenters. The zero-order valence-corrected chi connectivity index (χ0v) is 13.6. The average molecular weight is 329 g/mol. The molecule has 1 amide bonds. The number of aromatic nitrogens is 1. The molecule has 2 aromatic rings. The molecular weight excluding hydrogens is 310 g/mol. The third kappa shape index (κ3) is 2.96. The van der Waals surface area contributed by atoms with Crippen molar-refractivity contribution in [2.75, 3.05) is 25.0 Å². The lowest BCUT2D eigenvalue weighted by molar-refractivity contribution is 0.0125. The highest BCUT2D eigenvalue weighted by Gasteiger charge is 2.46. The van der Waals surface area contributed by atoms with Gasteiger partial charge in [0.1, 0.15) is 0 Å². The van der Waals surface area contributed by atoms with Crippen molar-refractivity contribution in [3.8, 4) is 0 Å². The van der Waals surface area contributed by atoms with Crippen LogP contribution in [0.5, 0.6) is 0 Å². The lowest BCUT2D eigenvalue weighted by Crippen LogP contribution is -2.36. The third-order valence-corrected chi connectivity index (χ3v) is 5.30. The Hall–Kier alpha value is -1.92. The van der Waals surface area contributed by atoms with E-state index in [0.717, 1.165) is 30.6 Å². The molecule has 0 saturated carbocycles. The van der Waals surface area contributed by atoms with E-state index in [-0.39, 0.29) is 17.6 Å². The Morgan fingerprint density at radius 3 is 3.22 bits per heavy atom. The molecule has 2 aromatic heterocycles. The highest BCUT2D eigenvalue weighted by Crippen LogP contribution is 2.36. The maximum Gasteiger partial charge on any atom is 0.254 e. The van der Waals surface area contributed by atoms with Crippen molar-refractivity contribution >= 4 is 22.9 Å². The molecule has 6 heteroatoms. The summed E-state index contributed by atoms with van der Waals surface area (Å²) in [7, 11) is 0. The quantitative estimate of drug-likeness (QED) is 0.940. The van der Waals surface area contributed by atoms with Crippen molar-refractivity contribution in [1.82, 2.24) is 9.88 Å². The Labute approximate surface area is 139 Å². The van der Waals surface area contributed by atoms with Gasteiger partial charge in [0.05, 0.1) is 36.0 Å². The summed E-state index contributed by atoms with van der Waals surface area (Å²) in [6, 6.07) is 6.10. The number of carbonyl (C=O) groups is 1. The number of rotatable bonds is 3. The van der Waals surface area contributed by atoms with E-state index >= 15 is 0 Å². The summed E-state index contributed by atoms with van der Waals surface area (Å²) in [5.41, 5.74) is 1.61. The second kappa shape index (κ2) is 5.94. The Kier molecular flexibility index (Phi) is 3.79. The van der Waals surface area contributed by atoms with E-state index in [1.54, 1.807) is 17.5 Å². The fourth-order valence-corrected chi connectivity index (χ4v) is 4.12. The van der Waals surface area contributed by atoms with Crippen molar-refractivity contribution in [3.63, 3.8) is 0 Å². The van der Waals surface area contributed by atoms with Crippen molar-refractivity contribution < 1.29 is 9.53 Å². The van der Waals surface area contributed by atoms with Crippen LogP contribution in [0, 0.1) is 0 Å². The topological polar surface area (TPSA) is 54.5 Å². The Bertz CT molecular complexity index is 676. The fraction of sp³-hybridized carbons (Fsp3) is 0.412. The van der Waals surface area contributed by atoms with E-state index < -0.39 is 0 Å². The number of thiophene rings is 1. The molecule has 2 fully saturated rings. The van der Waals surface area contributed by atoms with Gasteiger partial charge in [-0.25, -0.2) is 0 Å². The van der Waals surface area contributed by atoms with E-state index in [1.165, 1.54) is 0 Å². The molecule has 0 aliphatic carbocycles. The molecule has 2 aliphatic rings. The van der Waals surface area contributed by atoms with Gasteiger partial charge in [0.15, 0.2) is 0 Å². The number of hydrogen-bond donors (Lipinski definition) is 1. The van der Waals surface area contributed by atoms with Crippen LogP contribution in [0.4, 0.5) is 5.69 Å². The summed E-state index contributed by atoms with van der Waals surface area (Å²) in [5, 5.41) is 7.33. The summed E-state index contributed by atoms with van der Waals surface area (Å²) < 4.78 is 6.11. The van der Waals surface area contributed by atoms with Crippen LogP contribution in [-0.2, 0) is 4.74 Å². The van der Waals surface area contributed by atoms with Crippen LogP contribution < -0.4 is 5.32 Å². The summed E-state index contributed by atoms with van der Waals surface area (Å²) in [6.07, 6.45) is 5.43. The van der Waals surface area contributed by atoms with Crippen molar-refractivity contribution in [2.24, 2.45) is 0 Å². The molecule has 0 radical (unpaired) electrons. The SMILES string of the molecule is O=C(c1ccsc1)N1CC[C@]2(C[C@@H](Nc3cccnc3)CO2)C1. The van der Waals surface area contributed by atoms with Gasteiger partial charge in [-0.2, -0.15) is 11.3 Å². The Balaban J connectivity index is 1.38. The molecule has 2 saturated heterocycles. The standard InChI is InChI=1S/C17H19N3O2S/c21-16(13-3-7-23-11-13)20-6-4-17(12-20)8-15(10-22-17)19-14-2-1-5-18-9-14/h1-3,5,7,9,11,15,19H,4,6,8,10,12H2/t15-,17+/m1/s1. The molecule has 23 heavy (non-hydrogen) atoms. The van der Waals surface area contributed by atoms with Crippen LogP contribution in [0.15, 0.2) is 41.4 Å². The van der Waals surface area contributed by atoms with Gasteiger partial charge >= 0.3 is 0 Å². The third-order valence-electron chi connectivity index (χ3n) is 4.61. The van der Waals surface area contributed by atoms with Crippen LogP contribution in [0.1, 0.15) is 23.2 Å². The number of hydrogen-bond acceptors (Lipinski definition) is 5. The van der Waals surface area contributed by atoms with E-state index in [1.807, 2.05) is 40.1 Å². The van der Waals surface area contributed by atoms with Crippen molar-refractivity contribution in [1.29, 1.82) is 0 Å². The van der Waals surface area contributed by atoms with E-state index in [0.29, 0.717) is 13.2 Å². The minimum atomic E-state index is -0.189. The zero-order valence-electron chi connectivity index (χ0n) is 12.8. The maximum atomic E-state index is 12.5. The number of ether oxygens (including phenoxy) is 1. The van der Waals surface area contributed by atoms with Gasteiger partial charge in [0.25, 0.3) is 5.91 Å². The van der Waals surface area contributed by atoms with Gasteiger partial charge < -0.3 is 15.0 Å². The van der Waals surface area contributed by atoms with Crippen LogP contribution in [0.25, 0.3) is 0 Å². The largest absolute Gasteiger partial charge is 0.379 e. The average Bonchev–Trinajstić information content (AvgIpc) is 3.31. The van der Waals surface area contributed by atoms with E-state index in [2.05, 4.69) is 10.3 Å². The zero-order chi connectivity index (χ0) is 15.7. The Morgan fingerprint density at radius 2 is 2.43 bits per heavy atom. The second-order valence-corrected chi connectivity index (χ2v) is 7.05. The van der Waals surface area contributed by atoms with Crippen LogP contribution >= 0.6 is 11.3 Å². The first-order valence-corrected chi connectivity index (χ1v) is 8.80. The fourth-order valence-electron chi connectivity index (χ4n) is 3.49. The smallest absolute Gasteiger partial charge is 0.254 e. The number of anilines is 1. The molecule has 120 valence electrons. The predicted octanol–water partition coefficient (Wildman–Crippen LogP) is 2.63. The van der Waals surface area contributed by atoms with Gasteiger partial charge in [-0.1, -0.05) is 0 Å². The minimum absolute atomic E-state index is 0.121. The molecule has 0 unspecified atom stereocenters. The molecule has 2 aliphatic heterocycles. The van der Waals surface area contributed by atoms with Crippen LogP contribution in [-0.4, -0.2) is 47.1 Å². The normalized spacial score (nSPS) is 26.8. The molecule has 1 spiro atoms. The minimum Gasteiger partial charge on any atom is -0.379 e. The van der Waals surface area contributed by atoms with Gasteiger partial charge in [0.2, 0.25) is 0 Å². The van der Waals surface area contributed by atoms with Crippen molar-refractivity contribution in [3.05, 3.63) is 46.9 Å². The number of carbonyl (C=O) groups excluding carboxylic acids is 1. The summed E-state index contributed by atoms with van der Waals surface area (Å²) in [5.74, 6) is 0.121. The van der Waals surface area contributed by atoms with Gasteiger partial charge in [0, 0.05) is 30.7 Å². The summed E-state index contributed by atoms with van der Waals surface area (Å²) in [6.45, 7) is 2.14. The highest BCUT2D eigenvalue weighted by atomic mass is 32.1. The van der Waals surface area contributed by atoms with Gasteiger partial charge in [-0.3, -0.25) is 9.78 Å².